The fraction of sp³-hybridized carbons (Fsp3) is 0.385. The maximum absolute atomic E-state index is 12.0. The summed E-state index contributed by atoms with van der Waals surface area (Å²) in [5.74, 6) is -0.164. The molecule has 0 bridgehead atoms. The molecule has 116 valence electrons. The smallest absolute Gasteiger partial charge is 0.234 e. The van der Waals surface area contributed by atoms with Gasteiger partial charge in [-0.1, -0.05) is 5.16 Å². The molecule has 1 amide bonds. The van der Waals surface area contributed by atoms with Crippen LogP contribution in [0.3, 0.4) is 0 Å². The molecule has 1 unspecified atom stereocenters. The van der Waals surface area contributed by atoms with Crippen LogP contribution in [0.4, 0.5) is 5.69 Å². The number of nitrogens with one attached hydrogen (secondary N) is 1. The Bertz CT molecular complexity index is 520. The first-order valence-corrected chi connectivity index (χ1v) is 6.06. The Morgan fingerprint density at radius 3 is 2.14 bits per heavy atom. The molecule has 4 N–H and O–H groups in total. The van der Waals surface area contributed by atoms with Gasteiger partial charge in [0, 0.05) is 17.8 Å². The summed E-state index contributed by atoms with van der Waals surface area (Å²) in [5, 5.41) is 14.0. The van der Waals surface area contributed by atoms with Crippen molar-refractivity contribution in [3.05, 3.63) is 12.1 Å². The second kappa shape index (κ2) is 7.22. The summed E-state index contributed by atoms with van der Waals surface area (Å²) in [6, 6.07) is 3.16. The second-order valence-corrected chi connectivity index (χ2v) is 4.15. The Kier molecular flexibility index (Phi) is 5.65. The summed E-state index contributed by atoms with van der Waals surface area (Å²) in [6.07, 6.45) is 0. The van der Waals surface area contributed by atoms with Crippen LogP contribution in [0.5, 0.6) is 17.2 Å². The van der Waals surface area contributed by atoms with Gasteiger partial charge in [-0.25, -0.2) is 0 Å². The quantitative estimate of drug-likeness (QED) is 0.313. The molecule has 8 heteroatoms. The second-order valence-electron chi connectivity index (χ2n) is 4.15. The van der Waals surface area contributed by atoms with Crippen molar-refractivity contribution >= 4 is 17.4 Å². The van der Waals surface area contributed by atoms with Crippen molar-refractivity contribution in [2.75, 3.05) is 26.6 Å². The minimum absolute atomic E-state index is 0.181. The SMILES string of the molecule is COc1cc(NC(=O)C(C)C(N)=NO)cc(OC)c1OC. The van der Waals surface area contributed by atoms with E-state index in [1.54, 1.807) is 12.1 Å². The predicted octanol–water partition coefficient (Wildman–Crippen LogP) is 1.03. The number of nitrogens with zero attached hydrogens (tertiary/aromatic N) is 1. The van der Waals surface area contributed by atoms with E-state index in [2.05, 4.69) is 10.5 Å². The molecule has 0 saturated carbocycles. The van der Waals surface area contributed by atoms with Crippen LogP contribution in [0.2, 0.25) is 0 Å². The van der Waals surface area contributed by atoms with Crippen LogP contribution >= 0.6 is 0 Å². The van der Waals surface area contributed by atoms with Gasteiger partial charge in [-0.15, -0.1) is 0 Å². The van der Waals surface area contributed by atoms with Crippen LogP contribution in [-0.4, -0.2) is 38.3 Å². The number of rotatable bonds is 6. The third-order valence-electron chi connectivity index (χ3n) is 2.88. The number of oxime groups is 1. The lowest BCUT2D eigenvalue weighted by molar-refractivity contribution is -0.117. The van der Waals surface area contributed by atoms with Crippen LogP contribution in [-0.2, 0) is 4.79 Å². The largest absolute Gasteiger partial charge is 0.493 e. The Morgan fingerprint density at radius 2 is 1.76 bits per heavy atom. The fourth-order valence-corrected chi connectivity index (χ4v) is 1.62. The van der Waals surface area contributed by atoms with Gasteiger partial charge in [-0.2, -0.15) is 0 Å². The molecular weight excluding hydrogens is 278 g/mol. The summed E-state index contributed by atoms with van der Waals surface area (Å²) >= 11 is 0. The lowest BCUT2D eigenvalue weighted by atomic mass is 10.1. The molecular formula is C13H19N3O5. The summed E-state index contributed by atoms with van der Waals surface area (Å²) in [7, 11) is 4.43. The molecule has 1 aromatic carbocycles. The predicted molar refractivity (Wildman–Crippen MR) is 77.3 cm³/mol. The van der Waals surface area contributed by atoms with E-state index in [4.69, 9.17) is 25.2 Å². The van der Waals surface area contributed by atoms with Gasteiger partial charge in [0.05, 0.1) is 27.2 Å². The number of carbonyl (C=O) groups excluding carboxylic acids is 1. The summed E-state index contributed by atoms with van der Waals surface area (Å²) in [4.78, 5) is 12.0. The lowest BCUT2D eigenvalue weighted by Gasteiger charge is -2.16. The molecule has 1 atom stereocenters. The minimum atomic E-state index is -0.783. The monoisotopic (exact) mass is 297 g/mol. The van der Waals surface area contributed by atoms with Gasteiger partial charge in [-0.05, 0) is 6.92 Å². The molecule has 0 aliphatic carbocycles. The van der Waals surface area contributed by atoms with E-state index in [1.165, 1.54) is 28.3 Å². The van der Waals surface area contributed by atoms with Gasteiger partial charge in [0.1, 0.15) is 0 Å². The molecule has 0 saturated heterocycles. The maximum Gasteiger partial charge on any atom is 0.234 e. The number of benzene rings is 1. The molecule has 8 nitrogen and oxygen atoms in total. The maximum atomic E-state index is 12.0. The average Bonchev–Trinajstić information content (AvgIpc) is 2.51. The van der Waals surface area contributed by atoms with Crippen molar-refractivity contribution in [2.24, 2.45) is 16.8 Å². The fourth-order valence-electron chi connectivity index (χ4n) is 1.62. The van der Waals surface area contributed by atoms with E-state index in [0.717, 1.165) is 0 Å². The lowest BCUT2D eigenvalue weighted by Crippen LogP contribution is -2.32. The molecule has 0 radical (unpaired) electrons. The number of amides is 1. The standard InChI is InChI=1S/C13H19N3O5/c1-7(12(14)16-18)13(17)15-8-5-9(19-2)11(21-4)10(6-8)20-3/h5-7,18H,1-4H3,(H2,14,16)(H,15,17). The van der Waals surface area contributed by atoms with E-state index in [1.807, 2.05) is 0 Å². The number of amidine groups is 1. The molecule has 21 heavy (non-hydrogen) atoms. The first-order chi connectivity index (χ1) is 9.98. The molecule has 1 aromatic rings. The van der Waals surface area contributed by atoms with Crippen molar-refractivity contribution < 1.29 is 24.2 Å². The van der Waals surface area contributed by atoms with E-state index in [-0.39, 0.29) is 5.84 Å². The molecule has 0 fully saturated rings. The highest BCUT2D eigenvalue weighted by atomic mass is 16.5. The van der Waals surface area contributed by atoms with E-state index < -0.39 is 11.8 Å². The van der Waals surface area contributed by atoms with Crippen molar-refractivity contribution in [3.8, 4) is 17.2 Å². The normalized spacial score (nSPS) is 12.5. The van der Waals surface area contributed by atoms with Crippen LogP contribution < -0.4 is 25.3 Å². The van der Waals surface area contributed by atoms with Crippen LogP contribution in [0.15, 0.2) is 17.3 Å². The zero-order chi connectivity index (χ0) is 16.0. The van der Waals surface area contributed by atoms with Gasteiger partial charge in [-0.3, -0.25) is 4.79 Å². The van der Waals surface area contributed by atoms with E-state index in [9.17, 15) is 4.79 Å². The van der Waals surface area contributed by atoms with Gasteiger partial charge in [0.25, 0.3) is 0 Å². The number of hydrogen-bond acceptors (Lipinski definition) is 6. The molecule has 0 heterocycles. The van der Waals surface area contributed by atoms with Crippen LogP contribution in [0.1, 0.15) is 6.92 Å². The Labute approximate surface area is 122 Å². The van der Waals surface area contributed by atoms with Crippen molar-refractivity contribution in [1.29, 1.82) is 0 Å². The Morgan fingerprint density at radius 1 is 1.24 bits per heavy atom. The van der Waals surface area contributed by atoms with Crippen LogP contribution in [0.25, 0.3) is 0 Å². The zero-order valence-corrected chi connectivity index (χ0v) is 12.3. The summed E-state index contributed by atoms with van der Waals surface area (Å²) in [6.45, 7) is 1.52. The highest BCUT2D eigenvalue weighted by Gasteiger charge is 2.20. The average molecular weight is 297 g/mol. The number of hydrogen-bond donors (Lipinski definition) is 3. The van der Waals surface area contributed by atoms with E-state index in [0.29, 0.717) is 22.9 Å². The molecule has 0 spiro atoms. The first kappa shape index (κ1) is 16.4. The minimum Gasteiger partial charge on any atom is -0.493 e. The molecule has 0 aliphatic rings. The summed E-state index contributed by atoms with van der Waals surface area (Å²) < 4.78 is 15.6. The van der Waals surface area contributed by atoms with Crippen molar-refractivity contribution in [1.82, 2.24) is 0 Å². The third-order valence-corrected chi connectivity index (χ3v) is 2.88. The van der Waals surface area contributed by atoms with E-state index >= 15 is 0 Å². The van der Waals surface area contributed by atoms with Crippen molar-refractivity contribution in [2.45, 2.75) is 6.92 Å². The summed E-state index contributed by atoms with van der Waals surface area (Å²) in [5.41, 5.74) is 5.84. The number of ether oxygens (including phenoxy) is 3. The molecule has 0 aromatic heterocycles. The highest BCUT2D eigenvalue weighted by Crippen LogP contribution is 2.39. The van der Waals surface area contributed by atoms with Gasteiger partial charge >= 0.3 is 0 Å². The Balaban J connectivity index is 3.07. The highest BCUT2D eigenvalue weighted by molar-refractivity contribution is 6.07. The zero-order valence-electron chi connectivity index (χ0n) is 12.3. The van der Waals surface area contributed by atoms with Crippen molar-refractivity contribution in [3.63, 3.8) is 0 Å². The third kappa shape index (κ3) is 3.68. The van der Waals surface area contributed by atoms with Crippen LogP contribution in [0, 0.1) is 5.92 Å². The topological polar surface area (TPSA) is 115 Å². The number of carbonyl (C=O) groups is 1. The molecule has 1 rings (SSSR count). The number of nitrogens with two attached hydrogens (primary N) is 1. The van der Waals surface area contributed by atoms with Gasteiger partial charge in [0.2, 0.25) is 11.7 Å². The number of anilines is 1. The Hall–Kier alpha value is -2.64. The molecule has 0 aliphatic heterocycles. The number of methoxy groups -OCH3 is 3. The van der Waals surface area contributed by atoms with Gasteiger partial charge < -0.3 is 30.5 Å². The van der Waals surface area contributed by atoms with Gasteiger partial charge in [0.15, 0.2) is 17.3 Å². The first-order valence-electron chi connectivity index (χ1n) is 6.06.